The topological polar surface area (TPSA) is 50.4 Å². The van der Waals surface area contributed by atoms with Crippen LogP contribution in [0.15, 0.2) is 84.9 Å². The Balaban J connectivity index is 1.62. The molecule has 0 aromatic heterocycles. The summed E-state index contributed by atoms with van der Waals surface area (Å²) in [4.78, 5) is 13.1. The summed E-state index contributed by atoms with van der Waals surface area (Å²) in [7, 11) is 0. The summed E-state index contributed by atoms with van der Waals surface area (Å²) in [6.07, 6.45) is 0.138. The largest absolute Gasteiger partial charge is 0.491 e. The predicted molar refractivity (Wildman–Crippen MR) is 125 cm³/mol. The summed E-state index contributed by atoms with van der Waals surface area (Å²) in [5.74, 6) is 0.239. The second-order valence-corrected chi connectivity index (χ2v) is 7.65. The fourth-order valence-electron chi connectivity index (χ4n) is 3.15. The van der Waals surface area contributed by atoms with Crippen LogP contribution >= 0.6 is 12.2 Å². The van der Waals surface area contributed by atoms with Crippen LogP contribution in [0.2, 0.25) is 0 Å². The molecule has 0 unspecified atom stereocenters. The normalized spacial score (nSPS) is 10.7. The third-order valence-electron chi connectivity index (χ3n) is 4.51. The zero-order valence-corrected chi connectivity index (χ0v) is 18.0. The first kappa shape index (κ1) is 21.5. The summed E-state index contributed by atoms with van der Waals surface area (Å²) in [6.45, 7) is 4.51. The van der Waals surface area contributed by atoms with E-state index < -0.39 is 5.92 Å². The SMILES string of the molecule is CC(C)Oc1ccc(CNC(=S)NC(=O)C(c2ccccc2)c2ccccc2)cc1. The van der Waals surface area contributed by atoms with Crippen LogP contribution in [0.4, 0.5) is 0 Å². The number of hydrogen-bond acceptors (Lipinski definition) is 3. The quantitative estimate of drug-likeness (QED) is 0.542. The Morgan fingerprint density at radius 1 is 0.867 bits per heavy atom. The molecule has 0 radical (unpaired) electrons. The Hall–Kier alpha value is -3.18. The van der Waals surface area contributed by atoms with Gasteiger partial charge in [-0.3, -0.25) is 4.79 Å². The molecule has 154 valence electrons. The standard InChI is InChI=1S/C25H26N2O2S/c1-18(2)29-22-15-13-19(14-16-22)17-26-25(30)27-24(28)23(20-9-5-3-6-10-20)21-11-7-4-8-12-21/h3-16,18,23H,17H2,1-2H3,(H2,26,27,28,30). The molecule has 0 fully saturated rings. The lowest BCUT2D eigenvalue weighted by Gasteiger charge is -2.18. The van der Waals surface area contributed by atoms with E-state index in [2.05, 4.69) is 10.6 Å². The van der Waals surface area contributed by atoms with Crippen molar-refractivity contribution in [3.8, 4) is 5.75 Å². The molecule has 4 nitrogen and oxygen atoms in total. The fraction of sp³-hybridized carbons (Fsp3) is 0.200. The van der Waals surface area contributed by atoms with E-state index in [1.165, 1.54) is 0 Å². The van der Waals surface area contributed by atoms with Crippen LogP contribution in [0.5, 0.6) is 5.75 Å². The smallest absolute Gasteiger partial charge is 0.238 e. The molecule has 0 saturated carbocycles. The van der Waals surface area contributed by atoms with Crippen LogP contribution in [0.1, 0.15) is 36.5 Å². The van der Waals surface area contributed by atoms with Gasteiger partial charge >= 0.3 is 0 Å². The summed E-state index contributed by atoms with van der Waals surface area (Å²) >= 11 is 5.36. The summed E-state index contributed by atoms with van der Waals surface area (Å²) in [5.41, 5.74) is 2.89. The highest BCUT2D eigenvalue weighted by molar-refractivity contribution is 7.80. The molecule has 0 aliphatic carbocycles. The molecule has 3 aromatic carbocycles. The van der Waals surface area contributed by atoms with Crippen molar-refractivity contribution in [2.75, 3.05) is 0 Å². The maximum atomic E-state index is 13.1. The minimum Gasteiger partial charge on any atom is -0.491 e. The van der Waals surface area contributed by atoms with Gasteiger partial charge in [0.05, 0.1) is 12.0 Å². The molecule has 0 atom stereocenters. The summed E-state index contributed by atoms with van der Waals surface area (Å²) < 4.78 is 5.65. The first-order chi connectivity index (χ1) is 14.5. The number of carbonyl (C=O) groups excluding carboxylic acids is 1. The Bertz CT molecular complexity index is 918. The number of amides is 1. The summed E-state index contributed by atoms with van der Waals surface area (Å²) in [5, 5.41) is 6.25. The van der Waals surface area contributed by atoms with E-state index in [4.69, 9.17) is 17.0 Å². The van der Waals surface area contributed by atoms with E-state index in [0.29, 0.717) is 11.7 Å². The average Bonchev–Trinajstić information content (AvgIpc) is 2.74. The highest BCUT2D eigenvalue weighted by atomic mass is 32.1. The van der Waals surface area contributed by atoms with Crippen molar-refractivity contribution >= 4 is 23.2 Å². The molecule has 0 heterocycles. The van der Waals surface area contributed by atoms with Gasteiger partial charge in [0, 0.05) is 6.54 Å². The Kier molecular flexibility index (Phi) is 7.57. The van der Waals surface area contributed by atoms with E-state index in [1.807, 2.05) is 98.8 Å². The van der Waals surface area contributed by atoms with Crippen LogP contribution in [0.3, 0.4) is 0 Å². The number of carbonyl (C=O) groups is 1. The van der Waals surface area contributed by atoms with Crippen molar-refractivity contribution in [3.63, 3.8) is 0 Å². The fourth-order valence-corrected chi connectivity index (χ4v) is 3.33. The number of rotatable bonds is 7. The number of hydrogen-bond donors (Lipinski definition) is 2. The second kappa shape index (κ2) is 10.6. The van der Waals surface area contributed by atoms with E-state index >= 15 is 0 Å². The molecule has 3 aromatic rings. The van der Waals surface area contributed by atoms with Crippen molar-refractivity contribution in [3.05, 3.63) is 102 Å². The number of thiocarbonyl (C=S) groups is 1. The molecule has 0 aliphatic rings. The van der Waals surface area contributed by atoms with Crippen molar-refractivity contribution in [1.29, 1.82) is 0 Å². The molecule has 0 spiro atoms. The lowest BCUT2D eigenvalue weighted by atomic mass is 9.90. The molecule has 30 heavy (non-hydrogen) atoms. The van der Waals surface area contributed by atoms with Crippen molar-refractivity contribution in [2.24, 2.45) is 0 Å². The first-order valence-corrected chi connectivity index (χ1v) is 10.4. The van der Waals surface area contributed by atoms with Crippen LogP contribution in [-0.4, -0.2) is 17.1 Å². The van der Waals surface area contributed by atoms with Crippen molar-refractivity contribution in [1.82, 2.24) is 10.6 Å². The zero-order chi connectivity index (χ0) is 21.3. The first-order valence-electron chi connectivity index (χ1n) is 9.97. The molecule has 0 saturated heterocycles. The van der Waals surface area contributed by atoms with Gasteiger partial charge in [-0.05, 0) is 54.9 Å². The second-order valence-electron chi connectivity index (χ2n) is 7.24. The lowest BCUT2D eigenvalue weighted by Crippen LogP contribution is -2.41. The zero-order valence-electron chi connectivity index (χ0n) is 17.2. The lowest BCUT2D eigenvalue weighted by molar-refractivity contribution is -0.120. The van der Waals surface area contributed by atoms with Crippen molar-refractivity contribution < 1.29 is 9.53 Å². The molecular weight excluding hydrogens is 392 g/mol. The molecule has 3 rings (SSSR count). The maximum absolute atomic E-state index is 13.1. The van der Waals surface area contributed by atoms with Gasteiger partial charge in [0.15, 0.2) is 5.11 Å². The number of ether oxygens (including phenoxy) is 1. The Labute approximate surface area is 183 Å². The van der Waals surface area contributed by atoms with Crippen LogP contribution in [-0.2, 0) is 11.3 Å². The van der Waals surface area contributed by atoms with E-state index in [0.717, 1.165) is 22.4 Å². The molecule has 1 amide bonds. The summed E-state index contributed by atoms with van der Waals surface area (Å²) in [6, 6.07) is 27.2. The monoisotopic (exact) mass is 418 g/mol. The number of benzene rings is 3. The van der Waals surface area contributed by atoms with Gasteiger partial charge in [0.25, 0.3) is 0 Å². The third-order valence-corrected chi connectivity index (χ3v) is 4.76. The average molecular weight is 419 g/mol. The molecule has 2 N–H and O–H groups in total. The van der Waals surface area contributed by atoms with E-state index in [1.54, 1.807) is 0 Å². The van der Waals surface area contributed by atoms with Gasteiger partial charge in [0.1, 0.15) is 5.75 Å². The van der Waals surface area contributed by atoms with Gasteiger partial charge in [0.2, 0.25) is 5.91 Å². The van der Waals surface area contributed by atoms with Gasteiger partial charge in [-0.2, -0.15) is 0 Å². The van der Waals surface area contributed by atoms with Crippen LogP contribution < -0.4 is 15.4 Å². The highest BCUT2D eigenvalue weighted by Gasteiger charge is 2.23. The molecular formula is C25H26N2O2S. The minimum atomic E-state index is -0.431. The van der Waals surface area contributed by atoms with Gasteiger partial charge in [-0.1, -0.05) is 72.8 Å². The van der Waals surface area contributed by atoms with Crippen LogP contribution in [0, 0.1) is 0 Å². The predicted octanol–water partition coefficient (Wildman–Crippen LogP) is 4.80. The third kappa shape index (κ3) is 6.16. The highest BCUT2D eigenvalue weighted by Crippen LogP contribution is 2.24. The van der Waals surface area contributed by atoms with Crippen molar-refractivity contribution in [2.45, 2.75) is 32.4 Å². The van der Waals surface area contributed by atoms with Gasteiger partial charge in [-0.25, -0.2) is 0 Å². The Morgan fingerprint density at radius 3 is 1.90 bits per heavy atom. The number of nitrogens with one attached hydrogen (secondary N) is 2. The van der Waals surface area contributed by atoms with Crippen LogP contribution in [0.25, 0.3) is 0 Å². The van der Waals surface area contributed by atoms with Gasteiger partial charge in [-0.15, -0.1) is 0 Å². The minimum absolute atomic E-state index is 0.138. The molecule has 0 aliphatic heterocycles. The van der Waals surface area contributed by atoms with E-state index in [-0.39, 0.29) is 12.0 Å². The van der Waals surface area contributed by atoms with Gasteiger partial charge < -0.3 is 15.4 Å². The van der Waals surface area contributed by atoms with E-state index in [9.17, 15) is 4.79 Å². The Morgan fingerprint density at radius 2 is 1.40 bits per heavy atom. The maximum Gasteiger partial charge on any atom is 0.238 e. The molecule has 0 bridgehead atoms. The molecule has 5 heteroatoms.